The molecule has 1 aromatic carbocycles. The maximum atomic E-state index is 12.7. The van der Waals surface area contributed by atoms with Crippen LogP contribution in [0.25, 0.3) is 0 Å². The second-order valence-electron chi connectivity index (χ2n) is 8.83. The summed E-state index contributed by atoms with van der Waals surface area (Å²) in [6.45, 7) is 7.89. The number of phenols is 1. The Morgan fingerprint density at radius 2 is 1.85 bits per heavy atom. The molecule has 2 aliphatic carbocycles. The first-order valence-electron chi connectivity index (χ1n) is 9.65. The van der Waals surface area contributed by atoms with Crippen LogP contribution < -0.4 is 0 Å². The molecule has 0 bridgehead atoms. The molecule has 5 unspecified atom stereocenters. The van der Waals surface area contributed by atoms with Crippen molar-refractivity contribution in [3.63, 3.8) is 0 Å². The zero-order chi connectivity index (χ0) is 20.0. The van der Waals surface area contributed by atoms with Crippen molar-refractivity contribution in [1.82, 2.24) is 0 Å². The quantitative estimate of drug-likeness (QED) is 0.557. The monoisotopic (exact) mass is 374 g/mol. The van der Waals surface area contributed by atoms with Crippen molar-refractivity contribution < 1.29 is 24.9 Å². The van der Waals surface area contributed by atoms with E-state index in [2.05, 4.69) is 6.92 Å². The molecule has 1 saturated carbocycles. The van der Waals surface area contributed by atoms with Gasteiger partial charge in [-0.15, -0.1) is 0 Å². The number of benzene rings is 1. The molecule has 3 N–H and O–H groups in total. The highest BCUT2D eigenvalue weighted by Crippen LogP contribution is 2.58. The van der Waals surface area contributed by atoms with Gasteiger partial charge in [0.15, 0.2) is 0 Å². The molecule has 5 atom stereocenters. The maximum absolute atomic E-state index is 12.7. The zero-order valence-corrected chi connectivity index (χ0v) is 16.5. The van der Waals surface area contributed by atoms with Gasteiger partial charge >= 0.3 is 5.97 Å². The van der Waals surface area contributed by atoms with Crippen molar-refractivity contribution in [1.29, 1.82) is 0 Å². The number of fused-ring (bicyclic) bond motifs is 1. The van der Waals surface area contributed by atoms with Gasteiger partial charge in [-0.25, -0.2) is 4.79 Å². The molecule has 0 heterocycles. The Kier molecular flexibility index (Phi) is 5.12. The van der Waals surface area contributed by atoms with E-state index in [1.54, 1.807) is 6.08 Å². The van der Waals surface area contributed by atoms with Gasteiger partial charge in [-0.1, -0.05) is 20.8 Å². The molecule has 1 aromatic rings. The minimum absolute atomic E-state index is 0.00292. The van der Waals surface area contributed by atoms with Gasteiger partial charge in [-0.3, -0.25) is 0 Å². The molecule has 0 aliphatic heterocycles. The lowest BCUT2D eigenvalue weighted by molar-refractivity contribution is -0.104. The summed E-state index contributed by atoms with van der Waals surface area (Å²) >= 11 is 0. The van der Waals surface area contributed by atoms with E-state index < -0.39 is 23.8 Å². The van der Waals surface area contributed by atoms with Gasteiger partial charge in [-0.05, 0) is 73.4 Å². The predicted molar refractivity (Wildman–Crippen MR) is 102 cm³/mol. The predicted octanol–water partition coefficient (Wildman–Crippen LogP) is 3.43. The number of hydrogen-bond acceptors (Lipinski definition) is 5. The number of carbonyl (C=O) groups excluding carboxylic acids is 1. The van der Waals surface area contributed by atoms with Gasteiger partial charge in [0, 0.05) is 5.92 Å². The summed E-state index contributed by atoms with van der Waals surface area (Å²) in [4.78, 5) is 12.7. The van der Waals surface area contributed by atoms with Gasteiger partial charge in [0.2, 0.25) is 0 Å². The fourth-order valence-electron chi connectivity index (χ4n) is 4.92. The normalized spacial score (nSPS) is 36.1. The largest absolute Gasteiger partial charge is 0.508 e. The summed E-state index contributed by atoms with van der Waals surface area (Å²) in [7, 11) is 0. The maximum Gasteiger partial charge on any atom is 0.338 e. The van der Waals surface area contributed by atoms with Crippen LogP contribution in [-0.4, -0.2) is 39.1 Å². The van der Waals surface area contributed by atoms with Crippen molar-refractivity contribution in [2.24, 2.45) is 17.3 Å². The fraction of sp³-hybridized carbons (Fsp3) is 0.591. The molecule has 0 aromatic heterocycles. The fourth-order valence-corrected chi connectivity index (χ4v) is 4.92. The minimum atomic E-state index is -0.963. The molecule has 5 heteroatoms. The number of ether oxygens (including phenoxy) is 1. The van der Waals surface area contributed by atoms with Crippen LogP contribution in [0.3, 0.4) is 0 Å². The van der Waals surface area contributed by atoms with Crippen LogP contribution >= 0.6 is 0 Å². The third-order valence-corrected chi connectivity index (χ3v) is 6.67. The van der Waals surface area contributed by atoms with Crippen LogP contribution in [0.4, 0.5) is 0 Å². The van der Waals surface area contributed by atoms with Crippen LogP contribution in [0.5, 0.6) is 5.75 Å². The molecule has 3 rings (SSSR count). The number of phenolic OH excluding ortho intramolecular Hbond substituents is 1. The smallest absolute Gasteiger partial charge is 0.338 e. The van der Waals surface area contributed by atoms with E-state index in [1.807, 2.05) is 20.8 Å². The summed E-state index contributed by atoms with van der Waals surface area (Å²) < 4.78 is 5.87. The number of aromatic hydroxyl groups is 1. The molecule has 5 nitrogen and oxygen atoms in total. The highest BCUT2D eigenvalue weighted by atomic mass is 16.5. The molecular weight excluding hydrogens is 344 g/mol. The molecular formula is C22H30O5. The summed E-state index contributed by atoms with van der Waals surface area (Å²) in [5.41, 5.74) is -0.182. The topological polar surface area (TPSA) is 87.0 Å². The van der Waals surface area contributed by atoms with E-state index in [4.69, 9.17) is 4.74 Å². The molecule has 27 heavy (non-hydrogen) atoms. The van der Waals surface area contributed by atoms with Crippen molar-refractivity contribution in [2.75, 3.05) is 0 Å². The highest BCUT2D eigenvalue weighted by molar-refractivity contribution is 5.89. The lowest BCUT2D eigenvalue weighted by Crippen LogP contribution is -2.50. The first-order valence-corrected chi connectivity index (χ1v) is 9.65. The summed E-state index contributed by atoms with van der Waals surface area (Å²) in [6.07, 6.45) is 2.52. The van der Waals surface area contributed by atoms with Crippen molar-refractivity contribution in [2.45, 2.75) is 64.8 Å². The SMILES string of the molecule is CC1=CC(OC(=O)c2ccc(O)cc2)C2C(C)(CCC2(O)C(C)C)CC1O. The lowest BCUT2D eigenvalue weighted by Gasteiger charge is -2.43. The van der Waals surface area contributed by atoms with Gasteiger partial charge in [0.25, 0.3) is 0 Å². The summed E-state index contributed by atoms with van der Waals surface area (Å²) in [5, 5.41) is 31.5. The van der Waals surface area contributed by atoms with E-state index in [9.17, 15) is 20.1 Å². The molecule has 148 valence electrons. The standard InChI is InChI=1S/C22H30O5/c1-13(2)22(26)10-9-21(4)12-17(24)14(3)11-18(19(21)22)27-20(25)15-5-7-16(23)8-6-15/h5-8,11,13,17-19,23-24,26H,9-10,12H2,1-4H3. The van der Waals surface area contributed by atoms with Gasteiger partial charge in [-0.2, -0.15) is 0 Å². The number of hydrogen-bond donors (Lipinski definition) is 3. The van der Waals surface area contributed by atoms with Gasteiger partial charge in [0.1, 0.15) is 11.9 Å². The second kappa shape index (κ2) is 6.95. The minimum Gasteiger partial charge on any atom is -0.508 e. The molecule has 0 radical (unpaired) electrons. The second-order valence-corrected chi connectivity index (χ2v) is 8.83. The Morgan fingerprint density at radius 3 is 2.44 bits per heavy atom. The third kappa shape index (κ3) is 3.50. The number of rotatable bonds is 3. The average Bonchev–Trinajstić information content (AvgIpc) is 2.81. The van der Waals surface area contributed by atoms with Crippen LogP contribution in [0.1, 0.15) is 57.3 Å². The molecule has 2 aliphatic rings. The zero-order valence-electron chi connectivity index (χ0n) is 16.5. The number of aliphatic hydroxyl groups is 2. The Labute approximate surface area is 160 Å². The van der Waals surface area contributed by atoms with Crippen LogP contribution in [0.2, 0.25) is 0 Å². The number of aliphatic hydroxyl groups excluding tert-OH is 1. The molecule has 0 spiro atoms. The van der Waals surface area contributed by atoms with E-state index >= 15 is 0 Å². The Morgan fingerprint density at radius 1 is 1.22 bits per heavy atom. The average molecular weight is 374 g/mol. The van der Waals surface area contributed by atoms with Crippen LogP contribution in [0, 0.1) is 17.3 Å². The van der Waals surface area contributed by atoms with E-state index in [0.717, 1.165) is 12.0 Å². The molecule has 1 fully saturated rings. The van der Waals surface area contributed by atoms with E-state index in [1.165, 1.54) is 24.3 Å². The number of esters is 1. The van der Waals surface area contributed by atoms with Crippen LogP contribution in [-0.2, 0) is 4.74 Å². The summed E-state index contributed by atoms with van der Waals surface area (Å²) in [6, 6.07) is 5.92. The Hall–Kier alpha value is -1.85. The number of carbonyl (C=O) groups is 1. The van der Waals surface area contributed by atoms with Crippen molar-refractivity contribution in [3.8, 4) is 5.75 Å². The Balaban J connectivity index is 1.98. The van der Waals surface area contributed by atoms with E-state index in [-0.39, 0.29) is 23.0 Å². The first kappa shape index (κ1) is 19.9. The van der Waals surface area contributed by atoms with Gasteiger partial charge < -0.3 is 20.1 Å². The first-order chi connectivity index (χ1) is 12.6. The lowest BCUT2D eigenvalue weighted by atomic mass is 9.67. The molecule has 0 amide bonds. The van der Waals surface area contributed by atoms with Crippen molar-refractivity contribution in [3.05, 3.63) is 41.5 Å². The van der Waals surface area contributed by atoms with Gasteiger partial charge in [0.05, 0.1) is 17.3 Å². The van der Waals surface area contributed by atoms with E-state index in [0.29, 0.717) is 18.4 Å². The third-order valence-electron chi connectivity index (χ3n) is 6.67. The van der Waals surface area contributed by atoms with Crippen molar-refractivity contribution >= 4 is 5.97 Å². The summed E-state index contributed by atoms with van der Waals surface area (Å²) in [5.74, 6) is -0.709. The Bertz CT molecular complexity index is 738. The van der Waals surface area contributed by atoms with Crippen LogP contribution in [0.15, 0.2) is 35.9 Å². The molecule has 0 saturated heterocycles. The highest BCUT2D eigenvalue weighted by Gasteiger charge is 2.60.